The maximum Gasteiger partial charge on any atom is 0.256 e. The summed E-state index contributed by atoms with van der Waals surface area (Å²) < 4.78 is 10.6. The summed E-state index contributed by atoms with van der Waals surface area (Å²) >= 11 is 11.7. The van der Waals surface area contributed by atoms with Crippen LogP contribution < -0.4 is 10.1 Å². The number of hydrogen-bond donors (Lipinski definition) is 1. The van der Waals surface area contributed by atoms with Gasteiger partial charge in [0.15, 0.2) is 6.61 Å². The van der Waals surface area contributed by atoms with Crippen LogP contribution in [0.25, 0.3) is 0 Å². The molecular formula is C17H14Cl2N4O3. The van der Waals surface area contributed by atoms with Crippen LogP contribution in [0.15, 0.2) is 41.1 Å². The van der Waals surface area contributed by atoms with Gasteiger partial charge in [0, 0.05) is 24.2 Å². The number of rotatable bonds is 6. The fourth-order valence-corrected chi connectivity index (χ4v) is 2.27. The number of aryl methyl sites for hydroxylation is 1. The molecule has 1 aromatic carbocycles. The normalized spacial score (nSPS) is 10.6. The minimum atomic E-state index is -0.326. The summed E-state index contributed by atoms with van der Waals surface area (Å²) in [6.45, 7) is 2.11. The van der Waals surface area contributed by atoms with Gasteiger partial charge in [0.1, 0.15) is 11.6 Å². The number of carbonyl (C=O) groups is 1. The van der Waals surface area contributed by atoms with Gasteiger partial charge in [0.2, 0.25) is 11.7 Å². The minimum Gasteiger partial charge on any atom is -0.485 e. The van der Waals surface area contributed by atoms with E-state index in [1.807, 2.05) is 6.92 Å². The quantitative estimate of drug-likeness (QED) is 0.676. The van der Waals surface area contributed by atoms with Crippen LogP contribution >= 0.6 is 23.2 Å². The van der Waals surface area contributed by atoms with Gasteiger partial charge in [0.05, 0.1) is 10.0 Å². The highest BCUT2D eigenvalue weighted by atomic mass is 35.5. The molecule has 0 spiro atoms. The second kappa shape index (κ2) is 8.16. The molecule has 0 bridgehead atoms. The number of benzene rings is 1. The Balaban J connectivity index is 1.59. The second-order valence-corrected chi connectivity index (χ2v) is 6.02. The number of halogens is 2. The summed E-state index contributed by atoms with van der Waals surface area (Å²) in [5.41, 5.74) is 0.443. The van der Waals surface area contributed by atoms with E-state index in [2.05, 4.69) is 20.4 Å². The standard InChI is InChI=1S/C17H14Cl2N4O3/c1-2-16-21-15(23-26-16)9-25-11-5-3-10(4-6-11)17(24)22-14-7-12(18)13(19)8-20-14/h3-8H,2,9H2,1H3,(H,20,22,24). The fourth-order valence-electron chi connectivity index (χ4n) is 2.01. The van der Waals surface area contributed by atoms with Crippen molar-refractivity contribution in [3.05, 3.63) is 63.9 Å². The van der Waals surface area contributed by atoms with Crippen LogP contribution in [0.5, 0.6) is 5.75 Å². The van der Waals surface area contributed by atoms with Gasteiger partial charge in [0.25, 0.3) is 5.91 Å². The smallest absolute Gasteiger partial charge is 0.256 e. The SMILES string of the molecule is CCc1nc(COc2ccc(C(=O)Nc3cc(Cl)c(Cl)cn3)cc2)no1. The van der Waals surface area contributed by atoms with Crippen LogP contribution in [-0.2, 0) is 13.0 Å². The van der Waals surface area contributed by atoms with E-state index in [1.54, 1.807) is 24.3 Å². The lowest BCUT2D eigenvalue weighted by atomic mass is 10.2. The zero-order chi connectivity index (χ0) is 18.5. The van der Waals surface area contributed by atoms with Crippen LogP contribution in [0.1, 0.15) is 29.0 Å². The summed E-state index contributed by atoms with van der Waals surface area (Å²) in [5, 5.41) is 7.08. The van der Waals surface area contributed by atoms with Crippen molar-refractivity contribution in [2.45, 2.75) is 20.0 Å². The van der Waals surface area contributed by atoms with Crippen LogP contribution in [-0.4, -0.2) is 21.0 Å². The predicted molar refractivity (Wildman–Crippen MR) is 96.7 cm³/mol. The van der Waals surface area contributed by atoms with Crippen LogP contribution in [0, 0.1) is 0 Å². The number of amides is 1. The van der Waals surface area contributed by atoms with Crippen molar-refractivity contribution in [3.8, 4) is 5.75 Å². The summed E-state index contributed by atoms with van der Waals surface area (Å²) in [4.78, 5) is 20.4. The maximum atomic E-state index is 12.2. The first-order valence-electron chi connectivity index (χ1n) is 7.72. The van der Waals surface area contributed by atoms with Gasteiger partial charge in [-0.15, -0.1) is 0 Å². The summed E-state index contributed by atoms with van der Waals surface area (Å²) in [5.74, 6) is 1.60. The Hall–Kier alpha value is -2.64. The molecule has 7 nitrogen and oxygen atoms in total. The maximum absolute atomic E-state index is 12.2. The molecule has 3 rings (SSSR count). The number of ether oxygens (including phenoxy) is 1. The summed E-state index contributed by atoms with van der Waals surface area (Å²) in [6.07, 6.45) is 2.04. The average molecular weight is 393 g/mol. The minimum absolute atomic E-state index is 0.183. The first-order chi connectivity index (χ1) is 12.5. The molecule has 26 heavy (non-hydrogen) atoms. The molecule has 0 saturated carbocycles. The fraction of sp³-hybridized carbons (Fsp3) is 0.176. The van der Waals surface area contributed by atoms with Crippen LogP contribution in [0.2, 0.25) is 10.0 Å². The van der Waals surface area contributed by atoms with Crippen LogP contribution in [0.3, 0.4) is 0 Å². The molecular weight excluding hydrogens is 379 g/mol. The lowest BCUT2D eigenvalue weighted by Gasteiger charge is -2.07. The lowest BCUT2D eigenvalue weighted by molar-refractivity contribution is 0.102. The molecule has 1 N–H and O–H groups in total. The van der Waals surface area contributed by atoms with Crippen molar-refractivity contribution in [2.75, 3.05) is 5.32 Å². The van der Waals surface area contributed by atoms with E-state index < -0.39 is 0 Å². The predicted octanol–water partition coefficient (Wildman–Crippen LogP) is 4.17. The van der Waals surface area contributed by atoms with E-state index in [-0.39, 0.29) is 12.5 Å². The van der Waals surface area contributed by atoms with Gasteiger partial charge in [-0.05, 0) is 24.3 Å². The van der Waals surface area contributed by atoms with E-state index in [9.17, 15) is 4.79 Å². The van der Waals surface area contributed by atoms with Crippen molar-refractivity contribution in [1.29, 1.82) is 0 Å². The molecule has 134 valence electrons. The van der Waals surface area contributed by atoms with E-state index in [1.165, 1.54) is 12.3 Å². The Kier molecular flexibility index (Phi) is 5.70. The molecule has 2 heterocycles. The molecule has 2 aromatic heterocycles. The van der Waals surface area contributed by atoms with Gasteiger partial charge >= 0.3 is 0 Å². The monoisotopic (exact) mass is 392 g/mol. The molecule has 1 amide bonds. The summed E-state index contributed by atoms with van der Waals surface area (Å²) in [7, 11) is 0. The van der Waals surface area contributed by atoms with Gasteiger partial charge in [-0.1, -0.05) is 35.3 Å². The largest absolute Gasteiger partial charge is 0.485 e. The molecule has 0 aliphatic carbocycles. The molecule has 0 atom stereocenters. The number of aromatic nitrogens is 3. The average Bonchev–Trinajstić information content (AvgIpc) is 3.11. The molecule has 0 radical (unpaired) electrons. The molecule has 0 unspecified atom stereocenters. The van der Waals surface area contributed by atoms with Gasteiger partial charge in [-0.3, -0.25) is 4.79 Å². The number of pyridine rings is 1. The summed E-state index contributed by atoms with van der Waals surface area (Å²) in [6, 6.07) is 8.11. The molecule has 3 aromatic rings. The van der Waals surface area contributed by atoms with Crippen LogP contribution in [0.4, 0.5) is 5.82 Å². The first-order valence-corrected chi connectivity index (χ1v) is 8.47. The molecule has 0 saturated heterocycles. The van der Waals surface area contributed by atoms with Gasteiger partial charge in [-0.2, -0.15) is 4.98 Å². The highest BCUT2D eigenvalue weighted by Crippen LogP contribution is 2.23. The van der Waals surface area contributed by atoms with Crippen molar-refractivity contribution in [1.82, 2.24) is 15.1 Å². The Labute approximate surface area is 159 Å². The Morgan fingerprint density at radius 1 is 1.23 bits per heavy atom. The highest BCUT2D eigenvalue weighted by molar-refractivity contribution is 6.42. The van der Waals surface area contributed by atoms with Crippen molar-refractivity contribution in [3.63, 3.8) is 0 Å². The van der Waals surface area contributed by atoms with Crippen molar-refractivity contribution in [2.24, 2.45) is 0 Å². The third-order valence-corrected chi connectivity index (χ3v) is 4.06. The molecule has 0 aliphatic heterocycles. The molecule has 0 fully saturated rings. The highest BCUT2D eigenvalue weighted by Gasteiger charge is 2.09. The Morgan fingerprint density at radius 3 is 2.65 bits per heavy atom. The molecule has 0 aliphatic rings. The van der Waals surface area contributed by atoms with Crippen molar-refractivity contribution < 1.29 is 14.1 Å². The van der Waals surface area contributed by atoms with E-state index >= 15 is 0 Å². The van der Waals surface area contributed by atoms with E-state index in [4.69, 9.17) is 32.5 Å². The van der Waals surface area contributed by atoms with Gasteiger partial charge in [-0.25, -0.2) is 4.98 Å². The van der Waals surface area contributed by atoms with Gasteiger partial charge < -0.3 is 14.6 Å². The number of nitrogens with one attached hydrogen (secondary N) is 1. The topological polar surface area (TPSA) is 90.1 Å². The van der Waals surface area contributed by atoms with E-state index in [0.29, 0.717) is 45.3 Å². The third kappa shape index (κ3) is 4.50. The Morgan fingerprint density at radius 2 is 2.00 bits per heavy atom. The first kappa shape index (κ1) is 18.2. The number of nitrogens with zero attached hydrogens (tertiary/aromatic N) is 3. The zero-order valence-electron chi connectivity index (χ0n) is 13.7. The Bertz CT molecular complexity index is 913. The van der Waals surface area contributed by atoms with Crippen molar-refractivity contribution >= 4 is 34.9 Å². The third-order valence-electron chi connectivity index (χ3n) is 3.35. The number of hydrogen-bond acceptors (Lipinski definition) is 6. The number of anilines is 1. The lowest BCUT2D eigenvalue weighted by Crippen LogP contribution is -2.12. The van der Waals surface area contributed by atoms with E-state index in [0.717, 1.165) is 0 Å². The zero-order valence-corrected chi connectivity index (χ0v) is 15.2. The second-order valence-electron chi connectivity index (χ2n) is 5.21. The molecule has 9 heteroatoms. The number of carbonyl (C=O) groups excluding carboxylic acids is 1.